The van der Waals surface area contributed by atoms with Crippen LogP contribution in [0.25, 0.3) is 0 Å². The van der Waals surface area contributed by atoms with Gasteiger partial charge in [0.15, 0.2) is 5.11 Å². The molecule has 0 aliphatic carbocycles. The van der Waals surface area contributed by atoms with Crippen molar-refractivity contribution in [3.8, 4) is 0 Å². The number of nitrogens with one attached hydrogen (secondary N) is 1. The number of carbonyl (C=O) groups is 1. The quantitative estimate of drug-likeness (QED) is 0.459. The zero-order valence-electron chi connectivity index (χ0n) is 15.2. The van der Waals surface area contributed by atoms with Crippen LogP contribution < -0.4 is 10.2 Å². The molecule has 1 aliphatic heterocycles. The van der Waals surface area contributed by atoms with Crippen LogP contribution in [0.4, 0.5) is 17.1 Å². The van der Waals surface area contributed by atoms with E-state index in [1.165, 1.54) is 36.4 Å². The molecule has 1 saturated heterocycles. The summed E-state index contributed by atoms with van der Waals surface area (Å²) in [5, 5.41) is 24.4. The van der Waals surface area contributed by atoms with Gasteiger partial charge in [0.25, 0.3) is 17.3 Å². The summed E-state index contributed by atoms with van der Waals surface area (Å²) < 4.78 is 0. The van der Waals surface area contributed by atoms with Crippen molar-refractivity contribution in [2.45, 2.75) is 0 Å². The van der Waals surface area contributed by atoms with Gasteiger partial charge in [0.1, 0.15) is 0 Å². The number of hydrogen-bond donors (Lipinski definition) is 1. The number of benzene rings is 2. The average molecular weight is 415 g/mol. The molecule has 29 heavy (non-hydrogen) atoms. The molecule has 0 atom stereocenters. The van der Waals surface area contributed by atoms with Crippen LogP contribution in [0.15, 0.2) is 48.5 Å². The SMILES string of the molecule is O=C(NC(=S)N1CCN(c2ccc([N+](=O)[O-])cc2)CC1)c1ccc([N+](=O)[O-])cc1. The Labute approximate surface area is 171 Å². The second-order valence-electron chi connectivity index (χ2n) is 6.31. The van der Waals surface area contributed by atoms with Gasteiger partial charge in [-0.2, -0.15) is 0 Å². The van der Waals surface area contributed by atoms with Gasteiger partial charge in [0.05, 0.1) is 9.85 Å². The molecule has 1 amide bonds. The maximum absolute atomic E-state index is 12.3. The van der Waals surface area contributed by atoms with Crippen LogP contribution in [0.3, 0.4) is 0 Å². The molecule has 1 heterocycles. The lowest BCUT2D eigenvalue weighted by Crippen LogP contribution is -2.52. The predicted octanol–water partition coefficient (Wildman–Crippen LogP) is 2.34. The maximum Gasteiger partial charge on any atom is 0.269 e. The first kappa shape index (κ1) is 20.1. The van der Waals surface area contributed by atoms with E-state index in [4.69, 9.17) is 12.2 Å². The summed E-state index contributed by atoms with van der Waals surface area (Å²) in [5.41, 5.74) is 1.12. The first-order valence-corrected chi connectivity index (χ1v) is 9.10. The summed E-state index contributed by atoms with van der Waals surface area (Å²) in [6.45, 7) is 2.45. The van der Waals surface area contributed by atoms with Gasteiger partial charge >= 0.3 is 0 Å². The number of nitro benzene ring substituents is 2. The van der Waals surface area contributed by atoms with Crippen LogP contribution in [0, 0.1) is 20.2 Å². The normalized spacial score (nSPS) is 13.7. The number of rotatable bonds is 4. The first-order chi connectivity index (χ1) is 13.8. The van der Waals surface area contributed by atoms with Gasteiger partial charge in [0.2, 0.25) is 0 Å². The van der Waals surface area contributed by atoms with Gasteiger partial charge in [0, 0.05) is 61.7 Å². The van der Waals surface area contributed by atoms with Crippen LogP contribution in [0.1, 0.15) is 10.4 Å². The van der Waals surface area contributed by atoms with Crippen molar-refractivity contribution < 1.29 is 14.6 Å². The van der Waals surface area contributed by atoms with Crippen molar-refractivity contribution in [2.75, 3.05) is 31.1 Å². The highest BCUT2D eigenvalue weighted by molar-refractivity contribution is 7.80. The summed E-state index contributed by atoms with van der Waals surface area (Å²) in [6.07, 6.45) is 0. The summed E-state index contributed by atoms with van der Waals surface area (Å²) in [5.74, 6) is -0.428. The number of piperazine rings is 1. The van der Waals surface area contributed by atoms with Gasteiger partial charge in [-0.1, -0.05) is 0 Å². The smallest absolute Gasteiger partial charge is 0.269 e. The molecule has 2 aromatic rings. The summed E-state index contributed by atoms with van der Waals surface area (Å²) in [7, 11) is 0. The fourth-order valence-corrected chi connectivity index (χ4v) is 3.21. The molecule has 0 radical (unpaired) electrons. The molecule has 3 rings (SSSR count). The molecule has 150 valence electrons. The highest BCUT2D eigenvalue weighted by Gasteiger charge is 2.21. The molecule has 1 N–H and O–H groups in total. The predicted molar refractivity (Wildman–Crippen MR) is 110 cm³/mol. The molecule has 0 spiro atoms. The third-order valence-electron chi connectivity index (χ3n) is 4.55. The van der Waals surface area contributed by atoms with Gasteiger partial charge in [-0.15, -0.1) is 0 Å². The second-order valence-corrected chi connectivity index (χ2v) is 6.70. The number of hydrogen-bond acceptors (Lipinski definition) is 7. The third kappa shape index (κ3) is 4.82. The van der Waals surface area contributed by atoms with E-state index >= 15 is 0 Å². The van der Waals surface area contributed by atoms with E-state index in [0.717, 1.165) is 5.69 Å². The maximum atomic E-state index is 12.3. The highest BCUT2D eigenvalue weighted by atomic mass is 32.1. The van der Waals surface area contributed by atoms with E-state index in [1.807, 2.05) is 4.90 Å². The summed E-state index contributed by atoms with van der Waals surface area (Å²) in [4.78, 5) is 36.7. The summed E-state index contributed by atoms with van der Waals surface area (Å²) in [6, 6.07) is 11.6. The number of thiocarbonyl (C=S) groups is 1. The number of nitro groups is 2. The topological polar surface area (TPSA) is 122 Å². The van der Waals surface area contributed by atoms with E-state index < -0.39 is 15.8 Å². The van der Waals surface area contributed by atoms with Crippen LogP contribution in [0.2, 0.25) is 0 Å². The number of carbonyl (C=O) groups excluding carboxylic acids is 1. The van der Waals surface area contributed by atoms with Gasteiger partial charge in [-0.05, 0) is 36.5 Å². The van der Waals surface area contributed by atoms with Crippen LogP contribution in [-0.2, 0) is 0 Å². The Morgan fingerprint density at radius 2 is 1.34 bits per heavy atom. The van der Waals surface area contributed by atoms with Gasteiger partial charge < -0.3 is 9.80 Å². The zero-order chi connectivity index (χ0) is 21.0. The van der Waals surface area contributed by atoms with Crippen molar-refractivity contribution in [3.05, 3.63) is 74.3 Å². The molecule has 10 nitrogen and oxygen atoms in total. The van der Waals surface area contributed by atoms with Crippen molar-refractivity contribution in [3.63, 3.8) is 0 Å². The molecule has 1 aliphatic rings. The van der Waals surface area contributed by atoms with Crippen molar-refractivity contribution in [1.82, 2.24) is 10.2 Å². The molecule has 11 heteroatoms. The van der Waals surface area contributed by atoms with Crippen molar-refractivity contribution >= 4 is 40.3 Å². The lowest BCUT2D eigenvalue weighted by Gasteiger charge is -2.37. The number of nitrogens with zero attached hydrogens (tertiary/aromatic N) is 4. The Morgan fingerprint density at radius 1 is 0.862 bits per heavy atom. The molecule has 0 bridgehead atoms. The molecular formula is C18H17N5O5S. The molecular weight excluding hydrogens is 398 g/mol. The Bertz CT molecular complexity index is 940. The van der Waals surface area contributed by atoms with Crippen molar-refractivity contribution in [2.24, 2.45) is 0 Å². The second kappa shape index (κ2) is 8.61. The molecule has 0 aromatic heterocycles. The van der Waals surface area contributed by atoms with Crippen LogP contribution in [0.5, 0.6) is 0 Å². The largest absolute Gasteiger partial charge is 0.368 e. The van der Waals surface area contributed by atoms with Crippen molar-refractivity contribution in [1.29, 1.82) is 0 Å². The fraction of sp³-hybridized carbons (Fsp3) is 0.222. The van der Waals surface area contributed by atoms with Gasteiger partial charge in [-0.25, -0.2) is 0 Å². The minimum absolute atomic E-state index is 0.0440. The Balaban J connectivity index is 1.53. The third-order valence-corrected chi connectivity index (χ3v) is 4.91. The molecule has 1 fully saturated rings. The van der Waals surface area contributed by atoms with E-state index in [-0.39, 0.29) is 22.1 Å². The van der Waals surface area contributed by atoms with Crippen LogP contribution in [-0.4, -0.2) is 51.9 Å². The number of anilines is 1. The minimum atomic E-state index is -0.531. The standard InChI is InChI=1S/C18H17N5O5S/c24-17(13-1-3-15(4-2-13)22(25)26)19-18(29)21-11-9-20(10-12-21)14-5-7-16(8-6-14)23(27)28/h1-8H,9-12H2,(H,19,24,29). The number of non-ortho nitro benzene ring substituents is 2. The number of amides is 1. The van der Waals surface area contributed by atoms with Gasteiger partial charge in [-0.3, -0.25) is 30.3 Å². The average Bonchev–Trinajstić information content (AvgIpc) is 2.74. The summed E-state index contributed by atoms with van der Waals surface area (Å²) >= 11 is 5.31. The first-order valence-electron chi connectivity index (χ1n) is 8.69. The lowest BCUT2D eigenvalue weighted by molar-refractivity contribution is -0.385. The Morgan fingerprint density at radius 3 is 1.83 bits per heavy atom. The minimum Gasteiger partial charge on any atom is -0.368 e. The van der Waals surface area contributed by atoms with E-state index in [9.17, 15) is 25.0 Å². The molecule has 2 aromatic carbocycles. The van der Waals surface area contributed by atoms with E-state index in [0.29, 0.717) is 26.2 Å². The Kier molecular flexibility index (Phi) is 5.98. The highest BCUT2D eigenvalue weighted by Crippen LogP contribution is 2.20. The molecule has 0 saturated carbocycles. The molecule has 0 unspecified atom stereocenters. The monoisotopic (exact) mass is 415 g/mol. The zero-order valence-corrected chi connectivity index (χ0v) is 16.0. The van der Waals surface area contributed by atoms with Crippen LogP contribution >= 0.6 is 12.2 Å². The lowest BCUT2D eigenvalue weighted by atomic mass is 10.2. The fourth-order valence-electron chi connectivity index (χ4n) is 2.94. The Hall–Kier alpha value is -3.60. The van der Waals surface area contributed by atoms with E-state index in [1.54, 1.807) is 12.1 Å². The van der Waals surface area contributed by atoms with E-state index in [2.05, 4.69) is 10.2 Å².